The predicted octanol–water partition coefficient (Wildman–Crippen LogP) is 2.88. The van der Waals surface area contributed by atoms with Crippen LogP contribution in [0.4, 0.5) is 4.79 Å². The summed E-state index contributed by atoms with van der Waals surface area (Å²) in [6, 6.07) is 7.30. The van der Waals surface area contributed by atoms with Crippen molar-refractivity contribution in [3.05, 3.63) is 34.6 Å². The van der Waals surface area contributed by atoms with Crippen LogP contribution in [0.15, 0.2) is 33.3 Å². The van der Waals surface area contributed by atoms with E-state index in [0.717, 1.165) is 35.9 Å². The van der Waals surface area contributed by atoms with Crippen molar-refractivity contribution in [3.63, 3.8) is 0 Å². The van der Waals surface area contributed by atoms with Crippen molar-refractivity contribution < 1.29 is 18.8 Å². The summed E-state index contributed by atoms with van der Waals surface area (Å²) < 4.78 is 17.2. The fourth-order valence-corrected chi connectivity index (χ4v) is 3.05. The number of benzene rings is 1. The highest BCUT2D eigenvalue weighted by molar-refractivity contribution is 9.10. The SMILES string of the molecule is O=C(NCCCOC[C@H]1CCCO1)NCc1noc(-c2cccc(Br)c2)n1. The van der Waals surface area contributed by atoms with Crippen molar-refractivity contribution in [1.82, 2.24) is 20.8 Å². The van der Waals surface area contributed by atoms with E-state index in [4.69, 9.17) is 14.0 Å². The molecule has 2 heterocycles. The van der Waals surface area contributed by atoms with Gasteiger partial charge in [-0.1, -0.05) is 27.2 Å². The van der Waals surface area contributed by atoms with Gasteiger partial charge in [0.25, 0.3) is 5.89 Å². The normalized spacial score (nSPS) is 16.4. The number of hydrogen-bond donors (Lipinski definition) is 2. The molecule has 0 spiro atoms. The number of amides is 2. The molecule has 0 bridgehead atoms. The van der Waals surface area contributed by atoms with Crippen LogP contribution in [0, 0.1) is 0 Å². The Kier molecular flexibility index (Phi) is 7.61. The van der Waals surface area contributed by atoms with Crippen molar-refractivity contribution in [2.24, 2.45) is 0 Å². The lowest BCUT2D eigenvalue weighted by atomic mass is 10.2. The molecular weight excluding hydrogens is 416 g/mol. The lowest BCUT2D eigenvalue weighted by Gasteiger charge is -2.10. The fourth-order valence-electron chi connectivity index (χ4n) is 2.65. The van der Waals surface area contributed by atoms with Gasteiger partial charge in [0.1, 0.15) is 0 Å². The second-order valence-electron chi connectivity index (χ2n) is 6.20. The molecule has 1 aromatic heterocycles. The Morgan fingerprint density at radius 1 is 1.37 bits per heavy atom. The number of aromatic nitrogens is 2. The molecule has 1 aromatic carbocycles. The molecule has 1 fully saturated rings. The van der Waals surface area contributed by atoms with Crippen LogP contribution in [0.3, 0.4) is 0 Å². The molecule has 1 aliphatic rings. The molecule has 1 aliphatic heterocycles. The number of rotatable bonds is 9. The lowest BCUT2D eigenvalue weighted by molar-refractivity contribution is 0.0168. The molecule has 1 atom stereocenters. The van der Waals surface area contributed by atoms with Crippen molar-refractivity contribution in [1.29, 1.82) is 0 Å². The van der Waals surface area contributed by atoms with Crippen LogP contribution in [0.1, 0.15) is 25.1 Å². The van der Waals surface area contributed by atoms with Crippen molar-refractivity contribution >= 4 is 22.0 Å². The number of carbonyl (C=O) groups is 1. The van der Waals surface area contributed by atoms with Gasteiger partial charge in [0.05, 0.1) is 19.3 Å². The minimum atomic E-state index is -0.275. The highest BCUT2D eigenvalue weighted by Crippen LogP contribution is 2.21. The summed E-state index contributed by atoms with van der Waals surface area (Å²) in [7, 11) is 0. The van der Waals surface area contributed by atoms with Gasteiger partial charge in [0.2, 0.25) is 0 Å². The van der Waals surface area contributed by atoms with Crippen molar-refractivity contribution in [3.8, 4) is 11.5 Å². The Labute approximate surface area is 166 Å². The van der Waals surface area contributed by atoms with Crippen LogP contribution < -0.4 is 10.6 Å². The van der Waals surface area contributed by atoms with E-state index in [-0.39, 0.29) is 18.7 Å². The summed E-state index contributed by atoms with van der Waals surface area (Å²) in [4.78, 5) is 16.1. The maximum absolute atomic E-state index is 11.8. The third-order valence-electron chi connectivity index (χ3n) is 4.03. The Balaban J connectivity index is 1.29. The van der Waals surface area contributed by atoms with Gasteiger partial charge in [0.15, 0.2) is 5.82 Å². The number of halogens is 1. The molecule has 2 N–H and O–H groups in total. The van der Waals surface area contributed by atoms with Crippen LogP contribution in [0.25, 0.3) is 11.5 Å². The van der Waals surface area contributed by atoms with E-state index in [9.17, 15) is 4.79 Å². The van der Waals surface area contributed by atoms with Crippen molar-refractivity contribution in [2.75, 3.05) is 26.4 Å². The molecule has 27 heavy (non-hydrogen) atoms. The summed E-state index contributed by atoms with van der Waals surface area (Å²) in [5, 5.41) is 9.36. The van der Waals surface area contributed by atoms with E-state index in [1.54, 1.807) is 0 Å². The molecule has 0 radical (unpaired) electrons. The van der Waals surface area contributed by atoms with Crippen LogP contribution >= 0.6 is 15.9 Å². The predicted molar refractivity (Wildman–Crippen MR) is 102 cm³/mol. The molecule has 0 unspecified atom stereocenters. The molecular formula is C18H23BrN4O4. The van der Waals surface area contributed by atoms with E-state index >= 15 is 0 Å². The quantitative estimate of drug-likeness (QED) is 0.583. The van der Waals surface area contributed by atoms with Gasteiger partial charge in [-0.2, -0.15) is 4.98 Å². The Hall–Kier alpha value is -1.97. The van der Waals surface area contributed by atoms with Crippen molar-refractivity contribution in [2.45, 2.75) is 31.9 Å². The highest BCUT2D eigenvalue weighted by Gasteiger charge is 2.15. The lowest BCUT2D eigenvalue weighted by Crippen LogP contribution is -2.36. The van der Waals surface area contributed by atoms with Crippen LogP contribution in [-0.4, -0.2) is 48.6 Å². The second-order valence-corrected chi connectivity index (χ2v) is 7.11. The molecule has 0 aliphatic carbocycles. The van der Waals surface area contributed by atoms with Crippen LogP contribution in [-0.2, 0) is 16.0 Å². The van der Waals surface area contributed by atoms with E-state index in [1.165, 1.54) is 0 Å². The van der Waals surface area contributed by atoms with Gasteiger partial charge >= 0.3 is 6.03 Å². The number of hydrogen-bond acceptors (Lipinski definition) is 6. The van der Waals surface area contributed by atoms with Gasteiger partial charge in [-0.25, -0.2) is 4.79 Å². The summed E-state index contributed by atoms with van der Waals surface area (Å²) in [6.07, 6.45) is 3.16. The Morgan fingerprint density at radius 3 is 3.11 bits per heavy atom. The van der Waals surface area contributed by atoms with Gasteiger partial charge in [-0.15, -0.1) is 0 Å². The zero-order valence-corrected chi connectivity index (χ0v) is 16.5. The zero-order chi connectivity index (χ0) is 18.9. The summed E-state index contributed by atoms with van der Waals surface area (Å²) in [5.74, 6) is 0.830. The topological polar surface area (TPSA) is 98.5 Å². The molecule has 2 amide bonds. The molecule has 9 heteroatoms. The van der Waals surface area contributed by atoms with Gasteiger partial charge < -0.3 is 24.6 Å². The smallest absolute Gasteiger partial charge is 0.315 e. The largest absolute Gasteiger partial charge is 0.379 e. The standard InChI is InChI=1S/C18H23BrN4O4/c19-14-5-1-4-13(10-14)17-22-16(23-27-17)11-21-18(24)20-7-3-8-25-12-15-6-2-9-26-15/h1,4-5,10,15H,2-3,6-9,11-12H2,(H2,20,21,24)/t15-/m1/s1. The first-order valence-corrected chi connectivity index (χ1v) is 9.79. The highest BCUT2D eigenvalue weighted by atomic mass is 79.9. The molecule has 146 valence electrons. The fraction of sp³-hybridized carbons (Fsp3) is 0.500. The van der Waals surface area contributed by atoms with Gasteiger partial charge in [-0.3, -0.25) is 0 Å². The number of nitrogens with zero attached hydrogens (tertiary/aromatic N) is 2. The van der Waals surface area contributed by atoms with Gasteiger partial charge in [0, 0.05) is 29.8 Å². The molecule has 2 aromatic rings. The van der Waals surface area contributed by atoms with E-state index in [0.29, 0.717) is 31.5 Å². The minimum absolute atomic E-state index is 0.193. The number of nitrogens with one attached hydrogen (secondary N) is 2. The van der Waals surface area contributed by atoms with Crippen LogP contribution in [0.2, 0.25) is 0 Å². The summed E-state index contributed by atoms with van der Waals surface area (Å²) in [5.41, 5.74) is 0.815. The van der Waals surface area contributed by atoms with E-state index in [2.05, 4.69) is 36.7 Å². The number of ether oxygens (including phenoxy) is 2. The molecule has 3 rings (SSSR count). The first-order valence-electron chi connectivity index (χ1n) is 9.00. The zero-order valence-electron chi connectivity index (χ0n) is 14.9. The monoisotopic (exact) mass is 438 g/mol. The molecule has 1 saturated heterocycles. The third-order valence-corrected chi connectivity index (χ3v) is 4.52. The second kappa shape index (κ2) is 10.4. The van der Waals surface area contributed by atoms with E-state index in [1.807, 2.05) is 24.3 Å². The maximum atomic E-state index is 11.8. The Bertz CT molecular complexity index is 734. The molecule has 8 nitrogen and oxygen atoms in total. The number of urea groups is 1. The van der Waals surface area contributed by atoms with Gasteiger partial charge in [-0.05, 0) is 37.5 Å². The average molecular weight is 439 g/mol. The average Bonchev–Trinajstić information content (AvgIpc) is 3.35. The maximum Gasteiger partial charge on any atom is 0.315 e. The summed E-state index contributed by atoms with van der Waals surface area (Å²) >= 11 is 3.40. The Morgan fingerprint density at radius 2 is 2.30 bits per heavy atom. The van der Waals surface area contributed by atoms with E-state index < -0.39 is 0 Å². The number of carbonyl (C=O) groups excluding carboxylic acids is 1. The third kappa shape index (κ3) is 6.60. The first kappa shape index (κ1) is 19.8. The summed E-state index contributed by atoms with van der Waals surface area (Å²) in [6.45, 7) is 2.79. The molecule has 0 saturated carbocycles. The van der Waals surface area contributed by atoms with Crippen LogP contribution in [0.5, 0.6) is 0 Å². The minimum Gasteiger partial charge on any atom is -0.379 e. The first-order chi connectivity index (χ1) is 13.2.